The molecule has 0 saturated heterocycles. The first-order valence-electron chi connectivity index (χ1n) is 5.82. The SMILES string of the molecule is CC(CCO)NC(=O)CCC(=O)c1cc(Cl)sc1Cl. The van der Waals surface area contributed by atoms with Crippen LogP contribution in [0.5, 0.6) is 0 Å². The number of hydrogen-bond acceptors (Lipinski definition) is 4. The van der Waals surface area contributed by atoms with Crippen molar-refractivity contribution in [3.63, 3.8) is 0 Å². The molecule has 0 bridgehead atoms. The van der Waals surface area contributed by atoms with Gasteiger partial charge in [-0.25, -0.2) is 0 Å². The summed E-state index contributed by atoms with van der Waals surface area (Å²) in [6.07, 6.45) is 0.675. The highest BCUT2D eigenvalue weighted by Gasteiger charge is 2.16. The van der Waals surface area contributed by atoms with Gasteiger partial charge in [0.2, 0.25) is 5.91 Å². The van der Waals surface area contributed by atoms with E-state index < -0.39 is 0 Å². The Morgan fingerprint density at radius 1 is 1.42 bits per heavy atom. The van der Waals surface area contributed by atoms with E-state index in [9.17, 15) is 9.59 Å². The van der Waals surface area contributed by atoms with Gasteiger partial charge in [-0.15, -0.1) is 11.3 Å². The highest BCUT2D eigenvalue weighted by atomic mass is 35.5. The average Bonchev–Trinajstić information content (AvgIpc) is 2.65. The second-order valence-corrected chi connectivity index (χ2v) is 6.43. The van der Waals surface area contributed by atoms with Crippen LogP contribution in [0.4, 0.5) is 0 Å². The summed E-state index contributed by atoms with van der Waals surface area (Å²) in [6.45, 7) is 1.81. The van der Waals surface area contributed by atoms with E-state index in [0.717, 1.165) is 11.3 Å². The van der Waals surface area contributed by atoms with Gasteiger partial charge in [0.25, 0.3) is 0 Å². The lowest BCUT2D eigenvalue weighted by atomic mass is 10.1. The van der Waals surface area contributed by atoms with Gasteiger partial charge in [0.15, 0.2) is 5.78 Å². The lowest BCUT2D eigenvalue weighted by Crippen LogP contribution is -2.33. The van der Waals surface area contributed by atoms with Gasteiger partial charge in [0.1, 0.15) is 4.34 Å². The molecule has 1 aromatic heterocycles. The molecule has 0 aromatic carbocycles. The molecule has 0 aliphatic rings. The van der Waals surface area contributed by atoms with Gasteiger partial charge in [-0.3, -0.25) is 9.59 Å². The van der Waals surface area contributed by atoms with Crippen LogP contribution in [0.3, 0.4) is 0 Å². The predicted octanol–water partition coefficient (Wildman–Crippen LogP) is 2.90. The summed E-state index contributed by atoms with van der Waals surface area (Å²) in [5.74, 6) is -0.412. The molecule has 1 heterocycles. The van der Waals surface area contributed by atoms with Crippen LogP contribution in [0, 0.1) is 0 Å². The Balaban J connectivity index is 2.42. The van der Waals surface area contributed by atoms with E-state index in [2.05, 4.69) is 5.32 Å². The van der Waals surface area contributed by atoms with E-state index >= 15 is 0 Å². The first kappa shape index (κ1) is 16.4. The zero-order valence-electron chi connectivity index (χ0n) is 10.4. The number of ketones is 1. The maximum absolute atomic E-state index is 11.8. The molecule has 1 aromatic rings. The number of nitrogens with one attached hydrogen (secondary N) is 1. The zero-order chi connectivity index (χ0) is 14.4. The number of carbonyl (C=O) groups is 2. The predicted molar refractivity (Wildman–Crippen MR) is 77.2 cm³/mol. The quantitative estimate of drug-likeness (QED) is 0.758. The van der Waals surface area contributed by atoms with E-state index in [4.69, 9.17) is 28.3 Å². The number of amides is 1. The fraction of sp³-hybridized carbons (Fsp3) is 0.500. The van der Waals surface area contributed by atoms with Crippen molar-refractivity contribution in [2.45, 2.75) is 32.2 Å². The van der Waals surface area contributed by atoms with Gasteiger partial charge >= 0.3 is 0 Å². The summed E-state index contributed by atoms with van der Waals surface area (Å²) in [7, 11) is 0. The van der Waals surface area contributed by atoms with Gasteiger partial charge in [-0.05, 0) is 19.4 Å². The topological polar surface area (TPSA) is 66.4 Å². The van der Waals surface area contributed by atoms with E-state index in [0.29, 0.717) is 20.7 Å². The van der Waals surface area contributed by atoms with Crippen LogP contribution in [-0.2, 0) is 4.79 Å². The summed E-state index contributed by atoms with van der Waals surface area (Å²) >= 11 is 12.8. The third-order valence-electron chi connectivity index (χ3n) is 2.51. The van der Waals surface area contributed by atoms with Gasteiger partial charge < -0.3 is 10.4 Å². The van der Waals surface area contributed by atoms with Crippen molar-refractivity contribution in [1.29, 1.82) is 0 Å². The van der Waals surface area contributed by atoms with Gasteiger partial charge in [-0.2, -0.15) is 0 Å². The van der Waals surface area contributed by atoms with E-state index in [-0.39, 0.29) is 37.2 Å². The summed E-state index contributed by atoms with van der Waals surface area (Å²) in [6, 6.07) is 1.41. The highest BCUT2D eigenvalue weighted by molar-refractivity contribution is 7.20. The molecule has 0 spiro atoms. The molecule has 106 valence electrons. The Morgan fingerprint density at radius 3 is 2.63 bits per heavy atom. The highest BCUT2D eigenvalue weighted by Crippen LogP contribution is 2.32. The van der Waals surface area contributed by atoms with Gasteiger partial charge in [-0.1, -0.05) is 23.2 Å². The number of hydrogen-bond donors (Lipinski definition) is 2. The largest absolute Gasteiger partial charge is 0.396 e. The van der Waals surface area contributed by atoms with Crippen molar-refractivity contribution in [2.24, 2.45) is 0 Å². The fourth-order valence-electron chi connectivity index (χ4n) is 1.50. The summed E-state index contributed by atoms with van der Waals surface area (Å²) < 4.78 is 0.804. The number of rotatable bonds is 7. The number of aliphatic hydroxyl groups is 1. The van der Waals surface area contributed by atoms with Crippen LogP contribution in [0.1, 0.15) is 36.5 Å². The molecule has 0 radical (unpaired) electrons. The first-order chi connectivity index (χ1) is 8.93. The molecule has 0 saturated carbocycles. The van der Waals surface area contributed by atoms with Gasteiger partial charge in [0, 0.05) is 31.1 Å². The third kappa shape index (κ3) is 5.48. The molecule has 4 nitrogen and oxygen atoms in total. The van der Waals surface area contributed by atoms with E-state index in [1.807, 2.05) is 0 Å². The van der Waals surface area contributed by atoms with Crippen LogP contribution in [0.15, 0.2) is 6.07 Å². The summed E-state index contributed by atoms with van der Waals surface area (Å²) in [5.41, 5.74) is 0.368. The second kappa shape index (κ2) is 7.85. The van der Waals surface area contributed by atoms with E-state index in [1.54, 1.807) is 6.92 Å². The summed E-state index contributed by atoms with van der Waals surface area (Å²) in [4.78, 5) is 23.4. The molecule has 7 heteroatoms. The molecule has 0 aliphatic carbocycles. The van der Waals surface area contributed by atoms with Crippen molar-refractivity contribution >= 4 is 46.2 Å². The molecule has 1 rings (SSSR count). The monoisotopic (exact) mass is 323 g/mol. The smallest absolute Gasteiger partial charge is 0.220 e. The Kier molecular flexibility index (Phi) is 6.79. The molecule has 1 amide bonds. The molecule has 19 heavy (non-hydrogen) atoms. The van der Waals surface area contributed by atoms with Crippen molar-refractivity contribution in [1.82, 2.24) is 5.32 Å². The Hall–Kier alpha value is -0.620. The molecule has 0 fully saturated rings. The van der Waals surface area contributed by atoms with E-state index in [1.165, 1.54) is 6.07 Å². The number of Topliss-reactive ketones (excluding diaryl/α,β-unsaturated/α-hetero) is 1. The van der Waals surface area contributed by atoms with Crippen molar-refractivity contribution in [3.05, 3.63) is 20.3 Å². The molecular formula is C12H15Cl2NO3S. The molecule has 0 aliphatic heterocycles. The van der Waals surface area contributed by atoms with Crippen molar-refractivity contribution in [2.75, 3.05) is 6.61 Å². The molecule has 1 atom stereocenters. The number of carbonyl (C=O) groups excluding carboxylic acids is 2. The zero-order valence-corrected chi connectivity index (χ0v) is 12.7. The fourth-order valence-corrected chi connectivity index (χ4v) is 3.00. The maximum Gasteiger partial charge on any atom is 0.220 e. The van der Waals surface area contributed by atoms with Crippen LogP contribution in [0.25, 0.3) is 0 Å². The Morgan fingerprint density at radius 2 is 2.11 bits per heavy atom. The molecular weight excluding hydrogens is 309 g/mol. The Labute approximate surface area is 125 Å². The lowest BCUT2D eigenvalue weighted by Gasteiger charge is -2.11. The average molecular weight is 324 g/mol. The van der Waals surface area contributed by atoms with Crippen molar-refractivity contribution in [3.8, 4) is 0 Å². The number of aliphatic hydroxyl groups excluding tert-OH is 1. The van der Waals surface area contributed by atoms with Crippen molar-refractivity contribution < 1.29 is 14.7 Å². The standard InChI is InChI=1S/C12H15Cl2NO3S/c1-7(4-5-16)15-11(18)3-2-9(17)8-6-10(13)19-12(8)14/h6-7,16H,2-5H2,1H3,(H,15,18). The van der Waals surface area contributed by atoms with Crippen LogP contribution < -0.4 is 5.32 Å². The molecule has 2 N–H and O–H groups in total. The summed E-state index contributed by atoms with van der Waals surface area (Å²) in [5, 5.41) is 11.4. The Bertz CT molecular complexity index is 462. The molecule has 1 unspecified atom stereocenters. The van der Waals surface area contributed by atoms with Gasteiger partial charge in [0.05, 0.1) is 4.34 Å². The van der Waals surface area contributed by atoms with Crippen LogP contribution in [0.2, 0.25) is 8.67 Å². The normalized spacial score (nSPS) is 12.2. The first-order valence-corrected chi connectivity index (χ1v) is 7.39. The van der Waals surface area contributed by atoms with Crippen LogP contribution in [-0.4, -0.2) is 29.4 Å². The second-order valence-electron chi connectivity index (χ2n) is 4.14. The third-order valence-corrected chi connectivity index (χ3v) is 3.99. The van der Waals surface area contributed by atoms with Crippen LogP contribution >= 0.6 is 34.5 Å². The minimum Gasteiger partial charge on any atom is -0.396 e. The minimum absolute atomic E-state index is 0.0173. The minimum atomic E-state index is -0.216. The number of halogens is 2. The number of thiophene rings is 1. The maximum atomic E-state index is 11.8. The lowest BCUT2D eigenvalue weighted by molar-refractivity contribution is -0.121.